The highest BCUT2D eigenvalue weighted by atomic mass is 32.2. The van der Waals surface area contributed by atoms with Crippen molar-refractivity contribution in [3.63, 3.8) is 0 Å². The van der Waals surface area contributed by atoms with Gasteiger partial charge in [0.05, 0.1) is 9.09 Å². The van der Waals surface area contributed by atoms with Crippen molar-refractivity contribution in [1.82, 2.24) is 14.8 Å². The Hall–Kier alpha value is -1.34. The van der Waals surface area contributed by atoms with Crippen LogP contribution in [-0.4, -0.2) is 21.1 Å². The van der Waals surface area contributed by atoms with Crippen LogP contribution in [0, 0.1) is 0 Å². The molecule has 0 aliphatic rings. The third-order valence-corrected chi connectivity index (χ3v) is 3.94. The number of carbonyl (C=O) groups excluding carboxylic acids is 1. The van der Waals surface area contributed by atoms with Crippen LogP contribution < -0.4 is 5.69 Å². The number of aromatic nitrogens is 3. The van der Waals surface area contributed by atoms with Gasteiger partial charge < -0.3 is 0 Å². The molecule has 0 radical (unpaired) electrons. The first kappa shape index (κ1) is 10.2. The first-order chi connectivity index (χ1) is 7.20. The molecule has 2 aromatic heterocycles. The van der Waals surface area contributed by atoms with Crippen molar-refractivity contribution in [2.24, 2.45) is 7.05 Å². The molecular formula is C8H7N3O2S2. The van der Waals surface area contributed by atoms with E-state index in [9.17, 15) is 9.59 Å². The summed E-state index contributed by atoms with van der Waals surface area (Å²) in [7, 11) is 1.64. The third-order valence-electron chi connectivity index (χ3n) is 1.75. The van der Waals surface area contributed by atoms with Crippen LogP contribution >= 0.6 is 23.1 Å². The van der Waals surface area contributed by atoms with Crippen LogP contribution in [0.1, 0.15) is 9.67 Å². The topological polar surface area (TPSA) is 67.8 Å². The molecule has 0 fully saturated rings. The van der Waals surface area contributed by atoms with Crippen LogP contribution in [0.25, 0.3) is 0 Å². The molecule has 7 heteroatoms. The molecule has 0 saturated carbocycles. The fraction of sp³-hybridized carbons (Fsp3) is 0.125. The van der Waals surface area contributed by atoms with Gasteiger partial charge in [0.25, 0.3) is 0 Å². The Morgan fingerprint density at radius 1 is 1.60 bits per heavy atom. The minimum atomic E-state index is -0.246. The maximum Gasteiger partial charge on any atom is 0.343 e. The van der Waals surface area contributed by atoms with E-state index in [2.05, 4.69) is 10.2 Å². The lowest BCUT2D eigenvalue weighted by Crippen LogP contribution is -2.12. The average Bonchev–Trinajstić information content (AvgIpc) is 2.80. The predicted octanol–water partition coefficient (Wildman–Crippen LogP) is 1.13. The zero-order valence-corrected chi connectivity index (χ0v) is 9.39. The van der Waals surface area contributed by atoms with Gasteiger partial charge in [-0.15, -0.1) is 16.4 Å². The fourth-order valence-corrected chi connectivity index (χ4v) is 2.83. The quantitative estimate of drug-likeness (QED) is 0.818. The lowest BCUT2D eigenvalue weighted by atomic mass is 10.5. The van der Waals surface area contributed by atoms with Gasteiger partial charge in [-0.2, -0.15) is 0 Å². The number of carbonyl (C=O) groups is 1. The lowest BCUT2D eigenvalue weighted by molar-refractivity contribution is 0.112. The monoisotopic (exact) mass is 241 g/mol. The van der Waals surface area contributed by atoms with Crippen molar-refractivity contribution in [3.05, 3.63) is 27.5 Å². The summed E-state index contributed by atoms with van der Waals surface area (Å²) < 4.78 is 2.35. The second-order valence-corrected chi connectivity index (χ2v) is 5.13. The number of H-pyrrole nitrogens is 1. The third kappa shape index (κ3) is 2.02. The summed E-state index contributed by atoms with van der Waals surface area (Å²) in [5.74, 6) is 0. The molecule has 0 aliphatic carbocycles. The van der Waals surface area contributed by atoms with Gasteiger partial charge in [0, 0.05) is 7.05 Å². The molecule has 0 unspecified atom stereocenters. The Morgan fingerprint density at radius 2 is 2.40 bits per heavy atom. The van der Waals surface area contributed by atoms with Gasteiger partial charge in [-0.1, -0.05) is 0 Å². The number of nitrogens with zero attached hydrogens (tertiary/aromatic N) is 2. The van der Waals surface area contributed by atoms with Crippen LogP contribution in [-0.2, 0) is 7.05 Å². The minimum absolute atomic E-state index is 0.246. The van der Waals surface area contributed by atoms with E-state index >= 15 is 0 Å². The van der Waals surface area contributed by atoms with Gasteiger partial charge in [0.2, 0.25) is 0 Å². The Balaban J connectivity index is 2.25. The van der Waals surface area contributed by atoms with E-state index in [0.717, 1.165) is 10.5 Å². The van der Waals surface area contributed by atoms with Crippen molar-refractivity contribution in [1.29, 1.82) is 0 Å². The number of hydrogen-bond acceptors (Lipinski definition) is 5. The van der Waals surface area contributed by atoms with Crippen molar-refractivity contribution in [2.45, 2.75) is 9.37 Å². The number of hydrogen-bond donors (Lipinski definition) is 1. The molecule has 0 spiro atoms. The molecule has 0 saturated heterocycles. The highest BCUT2D eigenvalue weighted by Crippen LogP contribution is 2.30. The summed E-state index contributed by atoms with van der Waals surface area (Å²) in [6, 6.07) is 3.57. The van der Waals surface area contributed by atoms with E-state index in [-0.39, 0.29) is 5.69 Å². The molecule has 0 aliphatic heterocycles. The van der Waals surface area contributed by atoms with E-state index in [4.69, 9.17) is 0 Å². The van der Waals surface area contributed by atoms with Crippen LogP contribution in [0.15, 0.2) is 26.3 Å². The molecule has 2 rings (SSSR count). The average molecular weight is 241 g/mol. The van der Waals surface area contributed by atoms with Crippen LogP contribution in [0.5, 0.6) is 0 Å². The Bertz CT molecular complexity index is 540. The molecule has 0 bridgehead atoms. The Labute approximate surface area is 93.1 Å². The van der Waals surface area contributed by atoms with E-state index in [0.29, 0.717) is 10.0 Å². The van der Waals surface area contributed by atoms with Gasteiger partial charge >= 0.3 is 5.69 Å². The first-order valence-electron chi connectivity index (χ1n) is 4.05. The number of nitrogens with one attached hydrogen (secondary N) is 1. The molecule has 78 valence electrons. The summed E-state index contributed by atoms with van der Waals surface area (Å²) in [5, 5.41) is 6.78. The van der Waals surface area contributed by atoms with Gasteiger partial charge in [0.1, 0.15) is 0 Å². The van der Waals surface area contributed by atoms with Crippen molar-refractivity contribution in [3.8, 4) is 0 Å². The van der Waals surface area contributed by atoms with Crippen LogP contribution in [0.4, 0.5) is 0 Å². The highest BCUT2D eigenvalue weighted by molar-refractivity contribution is 8.01. The maximum absolute atomic E-state index is 11.1. The van der Waals surface area contributed by atoms with E-state index < -0.39 is 0 Å². The largest absolute Gasteiger partial charge is 0.343 e. The summed E-state index contributed by atoms with van der Waals surface area (Å²) in [6.07, 6.45) is 0.804. The van der Waals surface area contributed by atoms with Crippen molar-refractivity contribution >= 4 is 29.4 Å². The number of rotatable bonds is 3. The van der Waals surface area contributed by atoms with E-state index in [1.807, 2.05) is 6.07 Å². The molecule has 0 amide bonds. The summed E-state index contributed by atoms with van der Waals surface area (Å²) in [5.41, 5.74) is -0.246. The van der Waals surface area contributed by atoms with Crippen LogP contribution in [0.3, 0.4) is 0 Å². The summed E-state index contributed by atoms with van der Waals surface area (Å²) in [4.78, 5) is 22.2. The normalized spacial score (nSPS) is 10.5. The van der Waals surface area contributed by atoms with Gasteiger partial charge in [-0.05, 0) is 23.9 Å². The second kappa shape index (κ2) is 4.03. The van der Waals surface area contributed by atoms with E-state index in [1.54, 1.807) is 13.1 Å². The molecule has 15 heavy (non-hydrogen) atoms. The number of aromatic amines is 1. The fourth-order valence-electron chi connectivity index (χ4n) is 0.966. The Morgan fingerprint density at radius 3 is 2.93 bits per heavy atom. The van der Waals surface area contributed by atoms with Gasteiger partial charge in [-0.3, -0.25) is 9.36 Å². The highest BCUT2D eigenvalue weighted by Gasteiger charge is 2.07. The summed E-state index contributed by atoms with van der Waals surface area (Å²) in [6.45, 7) is 0. The van der Waals surface area contributed by atoms with Gasteiger partial charge in [-0.25, -0.2) is 9.89 Å². The molecule has 0 aromatic carbocycles. The first-order valence-corrected chi connectivity index (χ1v) is 5.68. The SMILES string of the molecule is Cn1c(Sc2ccc(C=O)s2)n[nH]c1=O. The molecule has 2 aromatic rings. The minimum Gasteiger partial charge on any atom is -0.297 e. The van der Waals surface area contributed by atoms with Crippen LogP contribution in [0.2, 0.25) is 0 Å². The predicted molar refractivity (Wildman–Crippen MR) is 57.7 cm³/mol. The molecule has 5 nitrogen and oxygen atoms in total. The summed E-state index contributed by atoms with van der Waals surface area (Å²) >= 11 is 2.72. The van der Waals surface area contributed by atoms with E-state index in [1.165, 1.54) is 27.7 Å². The number of thiophene rings is 1. The second-order valence-electron chi connectivity index (χ2n) is 2.75. The van der Waals surface area contributed by atoms with Gasteiger partial charge in [0.15, 0.2) is 11.4 Å². The molecule has 0 atom stereocenters. The zero-order chi connectivity index (χ0) is 10.8. The molecule has 1 N–H and O–H groups in total. The zero-order valence-electron chi connectivity index (χ0n) is 7.76. The number of aldehydes is 1. The molecule has 2 heterocycles. The standard InChI is InChI=1S/C8H7N3O2S2/c1-11-7(13)9-10-8(11)15-6-3-2-5(4-12)14-6/h2-4H,1H3,(H,9,13). The van der Waals surface area contributed by atoms with Crippen molar-refractivity contribution < 1.29 is 4.79 Å². The lowest BCUT2D eigenvalue weighted by Gasteiger charge is -1.94. The molecular weight excluding hydrogens is 234 g/mol. The maximum atomic E-state index is 11.1. The smallest absolute Gasteiger partial charge is 0.297 e. The Kier molecular flexibility index (Phi) is 2.74. The van der Waals surface area contributed by atoms with Crippen molar-refractivity contribution in [2.75, 3.05) is 0 Å².